The van der Waals surface area contributed by atoms with E-state index < -0.39 is 5.91 Å². The van der Waals surface area contributed by atoms with Gasteiger partial charge in [0, 0.05) is 19.3 Å². The zero-order chi connectivity index (χ0) is 12.4. The molecular weight excluding hydrogens is 216 g/mol. The molecular formula is C12H18N4O. The standard InChI is InChI=1S/C12H18N4O/c1-8-2-4-15-12(10(8)11(14)17)16-5-3-9(6-13)7-16/h2,4,9H,3,5-7,13H2,1H3,(H2,14,17). The Morgan fingerprint density at radius 3 is 3.00 bits per heavy atom. The summed E-state index contributed by atoms with van der Waals surface area (Å²) in [4.78, 5) is 17.9. The number of carbonyl (C=O) groups excluding carboxylic acids is 1. The predicted molar refractivity (Wildman–Crippen MR) is 66.9 cm³/mol. The summed E-state index contributed by atoms with van der Waals surface area (Å²) < 4.78 is 0. The second kappa shape index (κ2) is 4.71. The van der Waals surface area contributed by atoms with Gasteiger partial charge in [-0.3, -0.25) is 4.79 Å². The number of hydrogen-bond acceptors (Lipinski definition) is 4. The smallest absolute Gasteiger partial charge is 0.252 e. The van der Waals surface area contributed by atoms with Gasteiger partial charge in [0.05, 0.1) is 5.56 Å². The molecule has 0 saturated carbocycles. The van der Waals surface area contributed by atoms with Crippen molar-refractivity contribution in [2.45, 2.75) is 13.3 Å². The van der Waals surface area contributed by atoms with Crippen LogP contribution in [0.5, 0.6) is 0 Å². The molecule has 92 valence electrons. The van der Waals surface area contributed by atoms with Crippen molar-refractivity contribution in [2.24, 2.45) is 17.4 Å². The molecule has 1 saturated heterocycles. The summed E-state index contributed by atoms with van der Waals surface area (Å²) in [5.74, 6) is 0.772. The highest BCUT2D eigenvalue weighted by atomic mass is 16.1. The van der Waals surface area contributed by atoms with Crippen molar-refractivity contribution in [3.8, 4) is 0 Å². The van der Waals surface area contributed by atoms with Crippen LogP contribution in [0.1, 0.15) is 22.3 Å². The van der Waals surface area contributed by atoms with Gasteiger partial charge in [-0.1, -0.05) is 0 Å². The number of nitrogens with two attached hydrogens (primary N) is 2. The molecule has 5 nitrogen and oxygen atoms in total. The fourth-order valence-electron chi connectivity index (χ4n) is 2.31. The van der Waals surface area contributed by atoms with E-state index in [1.165, 1.54) is 0 Å². The number of amides is 1. The Labute approximate surface area is 101 Å². The fourth-order valence-corrected chi connectivity index (χ4v) is 2.31. The van der Waals surface area contributed by atoms with Crippen molar-refractivity contribution in [3.63, 3.8) is 0 Å². The minimum Gasteiger partial charge on any atom is -0.365 e. The first-order valence-electron chi connectivity index (χ1n) is 5.84. The molecule has 1 fully saturated rings. The predicted octanol–water partition coefficient (Wildman–Crippen LogP) is 0.274. The van der Waals surface area contributed by atoms with E-state index >= 15 is 0 Å². The number of nitrogens with zero attached hydrogens (tertiary/aromatic N) is 2. The second-order valence-corrected chi connectivity index (χ2v) is 4.53. The molecule has 1 aliphatic heterocycles. The zero-order valence-electron chi connectivity index (χ0n) is 10.0. The van der Waals surface area contributed by atoms with Gasteiger partial charge in [-0.15, -0.1) is 0 Å². The quantitative estimate of drug-likeness (QED) is 0.786. The van der Waals surface area contributed by atoms with Gasteiger partial charge in [0.2, 0.25) is 0 Å². The lowest BCUT2D eigenvalue weighted by molar-refractivity contribution is 0.1000. The van der Waals surface area contributed by atoms with Crippen molar-refractivity contribution < 1.29 is 4.79 Å². The molecule has 1 atom stereocenters. The summed E-state index contributed by atoms with van der Waals surface area (Å²) >= 11 is 0. The molecule has 1 amide bonds. The number of hydrogen-bond donors (Lipinski definition) is 2. The molecule has 0 aliphatic carbocycles. The second-order valence-electron chi connectivity index (χ2n) is 4.53. The molecule has 4 N–H and O–H groups in total. The molecule has 0 aromatic carbocycles. The van der Waals surface area contributed by atoms with Crippen molar-refractivity contribution in [1.29, 1.82) is 0 Å². The van der Waals surface area contributed by atoms with E-state index in [4.69, 9.17) is 11.5 Å². The third-order valence-electron chi connectivity index (χ3n) is 3.30. The minimum absolute atomic E-state index is 0.415. The summed E-state index contributed by atoms with van der Waals surface area (Å²) in [6, 6.07) is 1.81. The number of anilines is 1. The minimum atomic E-state index is -0.415. The maximum absolute atomic E-state index is 11.5. The van der Waals surface area contributed by atoms with Crippen molar-refractivity contribution in [2.75, 3.05) is 24.5 Å². The van der Waals surface area contributed by atoms with Crippen LogP contribution in [0.2, 0.25) is 0 Å². The first kappa shape index (κ1) is 11.9. The Hall–Kier alpha value is -1.62. The van der Waals surface area contributed by atoms with Gasteiger partial charge in [-0.2, -0.15) is 0 Å². The Balaban J connectivity index is 2.33. The van der Waals surface area contributed by atoms with Crippen LogP contribution < -0.4 is 16.4 Å². The topological polar surface area (TPSA) is 85.2 Å². The van der Waals surface area contributed by atoms with Crippen LogP contribution in [-0.2, 0) is 0 Å². The van der Waals surface area contributed by atoms with Crippen LogP contribution >= 0.6 is 0 Å². The summed E-state index contributed by atoms with van der Waals surface area (Å²) in [7, 11) is 0. The summed E-state index contributed by atoms with van der Waals surface area (Å²) in [5, 5.41) is 0. The van der Waals surface area contributed by atoms with Crippen LogP contribution in [0, 0.1) is 12.8 Å². The summed E-state index contributed by atoms with van der Waals surface area (Å²) in [5.41, 5.74) is 12.5. The number of aryl methyl sites for hydroxylation is 1. The third kappa shape index (κ3) is 2.24. The van der Waals surface area contributed by atoms with Crippen molar-refractivity contribution in [3.05, 3.63) is 23.4 Å². The lowest BCUT2D eigenvalue weighted by Gasteiger charge is -2.20. The van der Waals surface area contributed by atoms with E-state index in [0.717, 1.165) is 25.1 Å². The fraction of sp³-hybridized carbons (Fsp3) is 0.500. The molecule has 2 heterocycles. The van der Waals surface area contributed by atoms with E-state index in [-0.39, 0.29) is 0 Å². The van der Waals surface area contributed by atoms with Crippen LogP contribution in [0.15, 0.2) is 12.3 Å². The first-order chi connectivity index (χ1) is 8.13. The normalized spacial score (nSPS) is 19.6. The van der Waals surface area contributed by atoms with Gasteiger partial charge in [0.15, 0.2) is 0 Å². The van der Waals surface area contributed by atoms with Gasteiger partial charge in [0.1, 0.15) is 5.82 Å². The summed E-state index contributed by atoms with van der Waals surface area (Å²) in [6.45, 7) is 4.29. The van der Waals surface area contributed by atoms with Crippen LogP contribution in [0.4, 0.5) is 5.82 Å². The number of primary amides is 1. The Morgan fingerprint density at radius 2 is 2.41 bits per heavy atom. The van der Waals surface area contributed by atoms with E-state index in [1.807, 2.05) is 6.92 Å². The first-order valence-corrected chi connectivity index (χ1v) is 5.84. The maximum atomic E-state index is 11.5. The van der Waals surface area contributed by atoms with E-state index in [9.17, 15) is 4.79 Å². The summed E-state index contributed by atoms with van der Waals surface area (Å²) in [6.07, 6.45) is 2.76. The highest BCUT2D eigenvalue weighted by Crippen LogP contribution is 2.26. The molecule has 1 aromatic heterocycles. The molecule has 5 heteroatoms. The van der Waals surface area contributed by atoms with Gasteiger partial charge in [0.25, 0.3) is 5.91 Å². The number of rotatable bonds is 3. The highest BCUT2D eigenvalue weighted by Gasteiger charge is 2.26. The molecule has 1 aliphatic rings. The molecule has 2 rings (SSSR count). The largest absolute Gasteiger partial charge is 0.365 e. The van der Waals surface area contributed by atoms with Crippen molar-refractivity contribution >= 4 is 11.7 Å². The Morgan fingerprint density at radius 1 is 1.65 bits per heavy atom. The number of aromatic nitrogens is 1. The molecule has 0 radical (unpaired) electrons. The SMILES string of the molecule is Cc1ccnc(N2CCC(CN)C2)c1C(N)=O. The third-order valence-corrected chi connectivity index (χ3v) is 3.30. The Kier molecular flexibility index (Phi) is 3.28. The Bertz CT molecular complexity index is 433. The molecule has 0 bridgehead atoms. The number of carbonyl (C=O) groups is 1. The lowest BCUT2D eigenvalue weighted by Crippen LogP contribution is -2.27. The molecule has 17 heavy (non-hydrogen) atoms. The van der Waals surface area contributed by atoms with Gasteiger partial charge in [-0.25, -0.2) is 4.98 Å². The average molecular weight is 234 g/mol. The maximum Gasteiger partial charge on any atom is 0.252 e. The van der Waals surface area contributed by atoms with Gasteiger partial charge >= 0.3 is 0 Å². The lowest BCUT2D eigenvalue weighted by atomic mass is 10.1. The zero-order valence-corrected chi connectivity index (χ0v) is 10.0. The number of pyridine rings is 1. The van der Waals surface area contributed by atoms with E-state index in [1.54, 1.807) is 12.3 Å². The van der Waals surface area contributed by atoms with Crippen LogP contribution in [-0.4, -0.2) is 30.5 Å². The average Bonchev–Trinajstić information content (AvgIpc) is 2.76. The molecule has 0 spiro atoms. The van der Waals surface area contributed by atoms with E-state index in [2.05, 4.69) is 9.88 Å². The monoisotopic (exact) mass is 234 g/mol. The van der Waals surface area contributed by atoms with Gasteiger partial charge in [-0.05, 0) is 37.4 Å². The highest BCUT2D eigenvalue weighted by molar-refractivity contribution is 5.99. The molecule has 1 unspecified atom stereocenters. The van der Waals surface area contributed by atoms with Crippen LogP contribution in [0.25, 0.3) is 0 Å². The molecule has 1 aromatic rings. The van der Waals surface area contributed by atoms with Gasteiger partial charge < -0.3 is 16.4 Å². The van der Waals surface area contributed by atoms with Crippen molar-refractivity contribution in [1.82, 2.24) is 4.98 Å². The van der Waals surface area contributed by atoms with Crippen LogP contribution in [0.3, 0.4) is 0 Å². The van der Waals surface area contributed by atoms with E-state index in [0.29, 0.717) is 23.8 Å².